The Morgan fingerprint density at radius 2 is 1.81 bits per heavy atom. The van der Waals surface area contributed by atoms with Crippen LogP contribution in [0.2, 0.25) is 0 Å². The van der Waals surface area contributed by atoms with Gasteiger partial charge in [0.2, 0.25) is 0 Å². The molecule has 0 bridgehead atoms. The predicted molar refractivity (Wildman–Crippen MR) is 106 cm³/mol. The number of rotatable bonds is 4. The Morgan fingerprint density at radius 3 is 2.70 bits per heavy atom. The van der Waals surface area contributed by atoms with Gasteiger partial charge in [0.15, 0.2) is 6.61 Å². The maximum atomic E-state index is 12.6. The van der Waals surface area contributed by atoms with Gasteiger partial charge in [-0.2, -0.15) is 0 Å². The van der Waals surface area contributed by atoms with Crippen molar-refractivity contribution in [2.75, 3.05) is 6.61 Å². The summed E-state index contributed by atoms with van der Waals surface area (Å²) in [4.78, 5) is 12.6. The summed E-state index contributed by atoms with van der Waals surface area (Å²) in [7, 11) is 0. The van der Waals surface area contributed by atoms with Crippen LogP contribution >= 0.6 is 0 Å². The van der Waals surface area contributed by atoms with E-state index in [-0.39, 0.29) is 24.2 Å². The topological polar surface area (TPSA) is 47.6 Å². The van der Waals surface area contributed by atoms with Gasteiger partial charge in [-0.3, -0.25) is 4.79 Å². The van der Waals surface area contributed by atoms with Gasteiger partial charge in [0.1, 0.15) is 17.1 Å². The molecule has 3 aromatic rings. The van der Waals surface area contributed by atoms with Crippen molar-refractivity contribution in [2.24, 2.45) is 0 Å². The maximum Gasteiger partial charge on any atom is 0.258 e. The lowest BCUT2D eigenvalue weighted by molar-refractivity contribution is -0.124. The van der Waals surface area contributed by atoms with Gasteiger partial charge >= 0.3 is 0 Å². The van der Waals surface area contributed by atoms with Gasteiger partial charge in [-0.05, 0) is 31.4 Å². The van der Waals surface area contributed by atoms with Crippen molar-refractivity contribution in [1.29, 1.82) is 0 Å². The zero-order chi connectivity index (χ0) is 18.9. The molecule has 1 aliphatic heterocycles. The fraction of sp³-hybridized carbons (Fsp3) is 0.261. The highest BCUT2D eigenvalue weighted by Gasteiger charge is 2.34. The smallest absolute Gasteiger partial charge is 0.258 e. The molecule has 27 heavy (non-hydrogen) atoms. The predicted octanol–water partition coefficient (Wildman–Crippen LogP) is 4.64. The zero-order valence-electron chi connectivity index (χ0n) is 15.6. The number of fused-ring (bicyclic) bond motifs is 2. The first-order valence-corrected chi connectivity index (χ1v) is 9.20. The fourth-order valence-electron chi connectivity index (χ4n) is 3.63. The van der Waals surface area contributed by atoms with E-state index in [1.165, 1.54) is 0 Å². The van der Waals surface area contributed by atoms with Crippen molar-refractivity contribution >= 4 is 16.7 Å². The lowest BCUT2D eigenvalue weighted by Gasteiger charge is -2.37. The summed E-state index contributed by atoms with van der Waals surface area (Å²) in [5.41, 5.74) is 0.679. The normalized spacial score (nSPS) is 17.6. The molecule has 0 aromatic heterocycles. The van der Waals surface area contributed by atoms with Crippen molar-refractivity contribution in [1.82, 2.24) is 5.32 Å². The number of hydrogen-bond acceptors (Lipinski definition) is 3. The van der Waals surface area contributed by atoms with E-state index >= 15 is 0 Å². The second kappa shape index (κ2) is 6.95. The standard InChI is InChI=1S/C23H23NO3/c1-23(2)14-19(18-11-5-6-12-21(18)27-23)24-22(25)15-26-20-13-7-9-16-8-3-4-10-17(16)20/h3-13,19H,14-15H2,1-2H3,(H,24,25)/t19-/m0/s1. The second-order valence-electron chi connectivity index (χ2n) is 7.49. The molecule has 1 amide bonds. The van der Waals surface area contributed by atoms with Crippen LogP contribution in [0.15, 0.2) is 66.7 Å². The molecule has 1 aliphatic rings. The molecule has 1 atom stereocenters. The molecule has 4 heteroatoms. The minimum atomic E-state index is -0.331. The average molecular weight is 361 g/mol. The number of amides is 1. The molecule has 0 aliphatic carbocycles. The number of hydrogen-bond donors (Lipinski definition) is 1. The van der Waals surface area contributed by atoms with E-state index < -0.39 is 0 Å². The van der Waals surface area contributed by atoms with Crippen LogP contribution in [-0.2, 0) is 4.79 Å². The molecule has 3 aromatic carbocycles. The molecule has 0 unspecified atom stereocenters. The lowest BCUT2D eigenvalue weighted by atomic mass is 9.90. The molecule has 4 nitrogen and oxygen atoms in total. The van der Waals surface area contributed by atoms with E-state index in [0.717, 1.165) is 27.8 Å². The van der Waals surface area contributed by atoms with Gasteiger partial charge in [0, 0.05) is 17.4 Å². The first kappa shape index (κ1) is 17.4. The summed E-state index contributed by atoms with van der Waals surface area (Å²) in [6.45, 7) is 4.05. The highest BCUT2D eigenvalue weighted by molar-refractivity contribution is 5.88. The van der Waals surface area contributed by atoms with E-state index in [1.54, 1.807) is 0 Å². The fourth-order valence-corrected chi connectivity index (χ4v) is 3.63. The SMILES string of the molecule is CC1(C)C[C@H](NC(=O)COc2cccc3ccccc23)c2ccccc2O1. The third-order valence-corrected chi connectivity index (χ3v) is 4.82. The van der Waals surface area contributed by atoms with Crippen molar-refractivity contribution in [3.63, 3.8) is 0 Å². The van der Waals surface area contributed by atoms with Gasteiger partial charge in [-0.1, -0.05) is 54.6 Å². The van der Waals surface area contributed by atoms with Gasteiger partial charge < -0.3 is 14.8 Å². The maximum absolute atomic E-state index is 12.6. The minimum absolute atomic E-state index is 0.0199. The first-order valence-electron chi connectivity index (χ1n) is 9.20. The zero-order valence-corrected chi connectivity index (χ0v) is 15.6. The molecular formula is C23H23NO3. The van der Waals surface area contributed by atoms with Crippen LogP contribution in [0.4, 0.5) is 0 Å². The molecule has 0 saturated heterocycles. The van der Waals surface area contributed by atoms with Crippen molar-refractivity contribution in [3.8, 4) is 11.5 Å². The molecule has 138 valence electrons. The van der Waals surface area contributed by atoms with Crippen LogP contribution in [0, 0.1) is 0 Å². The van der Waals surface area contributed by atoms with Gasteiger partial charge in [0.25, 0.3) is 5.91 Å². The molecule has 0 saturated carbocycles. The van der Waals surface area contributed by atoms with Crippen molar-refractivity contribution in [3.05, 3.63) is 72.3 Å². The van der Waals surface area contributed by atoms with Crippen LogP contribution in [0.5, 0.6) is 11.5 Å². The summed E-state index contributed by atoms with van der Waals surface area (Å²) in [6.07, 6.45) is 0.712. The Morgan fingerprint density at radius 1 is 1.07 bits per heavy atom. The van der Waals surface area contributed by atoms with Crippen LogP contribution in [0.1, 0.15) is 31.9 Å². The van der Waals surface area contributed by atoms with Crippen LogP contribution in [-0.4, -0.2) is 18.1 Å². The Labute approximate surface area is 159 Å². The van der Waals surface area contributed by atoms with E-state index in [4.69, 9.17) is 9.47 Å². The molecule has 0 radical (unpaired) electrons. The van der Waals surface area contributed by atoms with Crippen LogP contribution in [0.25, 0.3) is 10.8 Å². The molecular weight excluding hydrogens is 338 g/mol. The minimum Gasteiger partial charge on any atom is -0.487 e. The average Bonchev–Trinajstić information content (AvgIpc) is 2.65. The third-order valence-electron chi connectivity index (χ3n) is 4.82. The molecule has 1 heterocycles. The summed E-state index contributed by atoms with van der Waals surface area (Å²) in [5, 5.41) is 5.20. The van der Waals surface area contributed by atoms with E-state index in [9.17, 15) is 4.79 Å². The van der Waals surface area contributed by atoms with Crippen molar-refractivity contribution in [2.45, 2.75) is 31.9 Å². The highest BCUT2D eigenvalue weighted by Crippen LogP contribution is 2.39. The molecule has 4 rings (SSSR count). The number of nitrogens with one attached hydrogen (secondary N) is 1. The Balaban J connectivity index is 1.47. The highest BCUT2D eigenvalue weighted by atomic mass is 16.5. The summed E-state index contributed by atoms with van der Waals surface area (Å²) >= 11 is 0. The van der Waals surface area contributed by atoms with E-state index in [2.05, 4.69) is 5.32 Å². The second-order valence-corrected chi connectivity index (χ2v) is 7.49. The van der Waals surface area contributed by atoms with Crippen LogP contribution < -0.4 is 14.8 Å². The summed E-state index contributed by atoms with van der Waals surface area (Å²) in [6, 6.07) is 21.6. The number of ether oxygens (including phenoxy) is 2. The molecule has 0 fully saturated rings. The Hall–Kier alpha value is -3.01. The number of carbonyl (C=O) groups is 1. The third kappa shape index (κ3) is 3.75. The number of para-hydroxylation sites is 1. The van der Waals surface area contributed by atoms with Gasteiger partial charge in [0.05, 0.1) is 6.04 Å². The lowest BCUT2D eigenvalue weighted by Crippen LogP contribution is -2.42. The molecule has 0 spiro atoms. The van der Waals surface area contributed by atoms with Gasteiger partial charge in [-0.15, -0.1) is 0 Å². The molecule has 1 N–H and O–H groups in total. The van der Waals surface area contributed by atoms with Crippen LogP contribution in [0.3, 0.4) is 0 Å². The largest absolute Gasteiger partial charge is 0.487 e. The van der Waals surface area contributed by atoms with E-state index in [1.807, 2.05) is 80.6 Å². The summed E-state index contributed by atoms with van der Waals surface area (Å²) in [5.74, 6) is 1.41. The van der Waals surface area contributed by atoms with E-state index in [0.29, 0.717) is 6.42 Å². The van der Waals surface area contributed by atoms with Crippen molar-refractivity contribution < 1.29 is 14.3 Å². The number of carbonyl (C=O) groups excluding carboxylic acids is 1. The van der Waals surface area contributed by atoms with Gasteiger partial charge in [-0.25, -0.2) is 0 Å². The Bertz CT molecular complexity index is 975. The first-order chi connectivity index (χ1) is 13.0. The number of benzene rings is 3. The quantitative estimate of drug-likeness (QED) is 0.737. The summed E-state index contributed by atoms with van der Waals surface area (Å²) < 4.78 is 11.8. The monoisotopic (exact) mass is 361 g/mol. The Kier molecular flexibility index (Phi) is 4.48.